The van der Waals surface area contributed by atoms with Crippen LogP contribution in [0.25, 0.3) is 10.9 Å². The molecule has 0 radical (unpaired) electrons. The number of hydrogen-bond donors (Lipinski definition) is 2. The van der Waals surface area contributed by atoms with E-state index in [-0.39, 0.29) is 13.2 Å². The number of aromatic nitrogens is 1. The van der Waals surface area contributed by atoms with E-state index in [9.17, 15) is 9.59 Å². The normalized spacial score (nSPS) is 10.4. The zero-order valence-corrected chi connectivity index (χ0v) is 13.7. The number of fused-ring (bicyclic) bond motifs is 1. The van der Waals surface area contributed by atoms with Gasteiger partial charge in [-0.15, -0.1) is 0 Å². The highest BCUT2D eigenvalue weighted by molar-refractivity contribution is 6.35. The van der Waals surface area contributed by atoms with Crippen LogP contribution in [0.1, 0.15) is 5.76 Å². The van der Waals surface area contributed by atoms with Crippen molar-refractivity contribution >= 4 is 34.4 Å². The van der Waals surface area contributed by atoms with Crippen LogP contribution >= 0.6 is 11.6 Å². The lowest BCUT2D eigenvalue weighted by atomic mass is 10.2. The summed E-state index contributed by atoms with van der Waals surface area (Å²) in [6.45, 7) is -0.153. The Balaban J connectivity index is 1.54. The molecule has 0 fully saturated rings. The molecule has 3 amide bonds. The monoisotopic (exact) mass is 359 g/mol. The summed E-state index contributed by atoms with van der Waals surface area (Å²) in [5, 5.41) is 5.93. The number of halogens is 1. The molecule has 0 aliphatic rings. The van der Waals surface area contributed by atoms with Crippen molar-refractivity contribution in [2.24, 2.45) is 0 Å². The summed E-state index contributed by atoms with van der Waals surface area (Å²) < 4.78 is 10.5. The quantitative estimate of drug-likeness (QED) is 0.730. The van der Waals surface area contributed by atoms with E-state index >= 15 is 0 Å². The second-order valence-electron chi connectivity index (χ2n) is 5.04. The number of carbonyl (C=O) groups excluding carboxylic acids is 2. The minimum absolute atomic E-state index is 0.179. The molecule has 3 rings (SSSR count). The van der Waals surface area contributed by atoms with Crippen molar-refractivity contribution in [3.8, 4) is 5.75 Å². The molecule has 1 aromatic carbocycles. The Morgan fingerprint density at radius 3 is 2.88 bits per heavy atom. The van der Waals surface area contributed by atoms with Gasteiger partial charge in [0.15, 0.2) is 6.61 Å². The van der Waals surface area contributed by atoms with Gasteiger partial charge in [-0.3, -0.25) is 15.1 Å². The third kappa shape index (κ3) is 4.27. The van der Waals surface area contributed by atoms with Gasteiger partial charge in [-0.2, -0.15) is 0 Å². The summed E-state index contributed by atoms with van der Waals surface area (Å²) in [6.07, 6.45) is 3.10. The molecule has 7 nitrogen and oxygen atoms in total. The maximum atomic E-state index is 11.8. The first-order valence-electron chi connectivity index (χ1n) is 7.39. The van der Waals surface area contributed by atoms with Crippen LogP contribution in [0.5, 0.6) is 5.75 Å². The highest BCUT2D eigenvalue weighted by Crippen LogP contribution is 2.29. The van der Waals surface area contributed by atoms with Gasteiger partial charge in [-0.25, -0.2) is 4.79 Å². The number of carbonyl (C=O) groups is 2. The maximum Gasteiger partial charge on any atom is 0.321 e. The number of hydrogen-bond acceptors (Lipinski definition) is 5. The van der Waals surface area contributed by atoms with Crippen molar-refractivity contribution in [2.75, 3.05) is 6.61 Å². The molecule has 8 heteroatoms. The number of nitrogens with zero attached hydrogens (tertiary/aromatic N) is 1. The largest absolute Gasteiger partial charge is 0.481 e. The Morgan fingerprint density at radius 2 is 2.08 bits per heavy atom. The van der Waals surface area contributed by atoms with Crippen molar-refractivity contribution in [3.05, 3.63) is 59.6 Å². The first-order valence-corrected chi connectivity index (χ1v) is 7.77. The van der Waals surface area contributed by atoms with Crippen molar-refractivity contribution in [2.45, 2.75) is 6.54 Å². The molecule has 0 bridgehead atoms. The SMILES string of the molecule is O=C(COc1ccc(Cl)c2cccnc12)NC(=O)NCc1ccco1. The van der Waals surface area contributed by atoms with E-state index in [0.717, 1.165) is 5.39 Å². The maximum absolute atomic E-state index is 11.8. The molecule has 2 aromatic heterocycles. The number of nitrogens with one attached hydrogen (secondary N) is 2. The number of benzene rings is 1. The third-order valence-electron chi connectivity index (χ3n) is 3.29. The molecule has 25 heavy (non-hydrogen) atoms. The Bertz CT molecular complexity index is 896. The van der Waals surface area contributed by atoms with Gasteiger partial charge in [0.25, 0.3) is 5.91 Å². The lowest BCUT2D eigenvalue weighted by Crippen LogP contribution is -2.41. The number of rotatable bonds is 5. The van der Waals surface area contributed by atoms with Gasteiger partial charge in [-0.1, -0.05) is 11.6 Å². The average molecular weight is 360 g/mol. The van der Waals surface area contributed by atoms with Crippen LogP contribution in [0.4, 0.5) is 4.79 Å². The van der Waals surface area contributed by atoms with Crippen LogP contribution in [0.2, 0.25) is 5.02 Å². The van der Waals surface area contributed by atoms with Crippen LogP contribution in [0.3, 0.4) is 0 Å². The summed E-state index contributed by atoms with van der Waals surface area (Å²) in [4.78, 5) is 27.7. The number of urea groups is 1. The number of pyridine rings is 1. The minimum Gasteiger partial charge on any atom is -0.481 e. The highest BCUT2D eigenvalue weighted by atomic mass is 35.5. The summed E-state index contributed by atoms with van der Waals surface area (Å²) in [5.41, 5.74) is 0.546. The molecule has 0 aliphatic heterocycles. The van der Waals surface area contributed by atoms with E-state index in [1.54, 1.807) is 42.6 Å². The number of imide groups is 1. The molecular weight excluding hydrogens is 346 g/mol. The summed E-state index contributed by atoms with van der Waals surface area (Å²) >= 11 is 6.10. The molecule has 128 valence electrons. The molecule has 0 saturated heterocycles. The predicted molar refractivity (Wildman–Crippen MR) is 91.3 cm³/mol. The standard InChI is InChI=1S/C17H14ClN3O4/c18-13-5-6-14(16-12(13)4-1-7-19-16)25-10-15(22)21-17(23)20-9-11-3-2-8-24-11/h1-8H,9-10H2,(H2,20,21,22,23). The number of furan rings is 1. The van der Waals surface area contributed by atoms with E-state index in [4.69, 9.17) is 20.8 Å². The molecule has 0 atom stereocenters. The van der Waals surface area contributed by atoms with E-state index < -0.39 is 11.9 Å². The molecule has 2 N–H and O–H groups in total. The highest BCUT2D eigenvalue weighted by Gasteiger charge is 2.11. The van der Waals surface area contributed by atoms with Crippen molar-refractivity contribution in [3.63, 3.8) is 0 Å². The van der Waals surface area contributed by atoms with Gasteiger partial charge >= 0.3 is 6.03 Å². The zero-order valence-electron chi connectivity index (χ0n) is 13.0. The summed E-state index contributed by atoms with van der Waals surface area (Å²) in [6, 6.07) is 9.64. The Labute approximate surface area is 147 Å². The van der Waals surface area contributed by atoms with Crippen molar-refractivity contribution in [1.29, 1.82) is 0 Å². The molecule has 0 aliphatic carbocycles. The van der Waals surface area contributed by atoms with E-state index in [1.807, 2.05) is 0 Å². The second kappa shape index (κ2) is 7.67. The lowest BCUT2D eigenvalue weighted by molar-refractivity contribution is -0.121. The van der Waals surface area contributed by atoms with E-state index in [2.05, 4.69) is 15.6 Å². The molecular formula is C17H14ClN3O4. The number of ether oxygens (including phenoxy) is 1. The van der Waals surface area contributed by atoms with Gasteiger partial charge in [0, 0.05) is 11.6 Å². The fourth-order valence-electron chi connectivity index (χ4n) is 2.16. The first-order chi connectivity index (χ1) is 12.1. The van der Waals surface area contributed by atoms with Crippen LogP contribution in [0.15, 0.2) is 53.3 Å². The Morgan fingerprint density at radius 1 is 1.20 bits per heavy atom. The van der Waals surface area contributed by atoms with Crippen molar-refractivity contribution < 1.29 is 18.7 Å². The molecule has 0 spiro atoms. The predicted octanol–water partition coefficient (Wildman–Crippen LogP) is 2.89. The average Bonchev–Trinajstić information content (AvgIpc) is 3.13. The van der Waals surface area contributed by atoms with E-state index in [0.29, 0.717) is 22.0 Å². The van der Waals surface area contributed by atoms with Crippen LogP contribution in [0, 0.1) is 0 Å². The fraction of sp³-hybridized carbons (Fsp3) is 0.118. The Kier molecular flexibility index (Phi) is 5.15. The summed E-state index contributed by atoms with van der Waals surface area (Å²) in [7, 11) is 0. The van der Waals surface area contributed by atoms with Crippen molar-refractivity contribution in [1.82, 2.24) is 15.6 Å². The third-order valence-corrected chi connectivity index (χ3v) is 3.62. The van der Waals surface area contributed by atoms with Gasteiger partial charge in [-0.05, 0) is 36.4 Å². The first kappa shape index (κ1) is 16.8. The molecule has 2 heterocycles. The number of amides is 3. The summed E-state index contributed by atoms with van der Waals surface area (Å²) in [5.74, 6) is 0.402. The Hall–Kier alpha value is -3.06. The van der Waals surface area contributed by atoms with Crippen LogP contribution < -0.4 is 15.4 Å². The van der Waals surface area contributed by atoms with Gasteiger partial charge in [0.05, 0.1) is 17.8 Å². The van der Waals surface area contributed by atoms with Crippen LogP contribution in [-0.4, -0.2) is 23.5 Å². The fourth-order valence-corrected chi connectivity index (χ4v) is 2.37. The molecule has 0 saturated carbocycles. The zero-order chi connectivity index (χ0) is 17.6. The molecule has 3 aromatic rings. The molecule has 0 unspecified atom stereocenters. The van der Waals surface area contributed by atoms with Gasteiger partial charge in [0.2, 0.25) is 0 Å². The van der Waals surface area contributed by atoms with Crippen LogP contribution in [-0.2, 0) is 11.3 Å². The van der Waals surface area contributed by atoms with E-state index in [1.165, 1.54) is 6.26 Å². The van der Waals surface area contributed by atoms with Gasteiger partial charge < -0.3 is 14.5 Å². The smallest absolute Gasteiger partial charge is 0.321 e. The minimum atomic E-state index is -0.635. The topological polar surface area (TPSA) is 93.5 Å². The lowest BCUT2D eigenvalue weighted by Gasteiger charge is -2.10. The second-order valence-corrected chi connectivity index (χ2v) is 5.45. The van der Waals surface area contributed by atoms with Gasteiger partial charge in [0.1, 0.15) is 17.0 Å².